The maximum Gasteiger partial charge on any atom is 0.222 e. The summed E-state index contributed by atoms with van der Waals surface area (Å²) in [5.74, 6) is -0.0694. The molecule has 126 valence electrons. The van der Waals surface area contributed by atoms with Crippen molar-refractivity contribution in [3.8, 4) is 0 Å². The van der Waals surface area contributed by atoms with Crippen LogP contribution in [-0.2, 0) is 22.7 Å². The van der Waals surface area contributed by atoms with Crippen LogP contribution in [0.4, 0.5) is 0 Å². The fourth-order valence-electron chi connectivity index (χ4n) is 2.38. The predicted molar refractivity (Wildman–Crippen MR) is 95.2 cm³/mol. The molecule has 4 heteroatoms. The van der Waals surface area contributed by atoms with E-state index in [2.05, 4.69) is 5.32 Å². The summed E-state index contributed by atoms with van der Waals surface area (Å²) in [6.45, 7) is 5.03. The van der Waals surface area contributed by atoms with Crippen LogP contribution in [-0.4, -0.2) is 23.3 Å². The second kappa shape index (κ2) is 8.87. The van der Waals surface area contributed by atoms with Crippen molar-refractivity contribution in [2.24, 2.45) is 0 Å². The normalized spacial score (nSPS) is 10.2. The smallest absolute Gasteiger partial charge is 0.222 e. The minimum atomic E-state index is -0.0464. The Morgan fingerprint density at radius 1 is 0.958 bits per heavy atom. The van der Waals surface area contributed by atoms with Gasteiger partial charge < -0.3 is 10.2 Å². The third-order valence-corrected chi connectivity index (χ3v) is 3.88. The Hall–Kier alpha value is -2.62. The Balaban J connectivity index is 1.79. The number of hydrogen-bond donors (Lipinski definition) is 1. The Labute approximate surface area is 143 Å². The van der Waals surface area contributed by atoms with Crippen molar-refractivity contribution >= 4 is 11.8 Å². The Morgan fingerprint density at radius 2 is 1.62 bits per heavy atom. The van der Waals surface area contributed by atoms with Crippen LogP contribution in [0.25, 0.3) is 0 Å². The van der Waals surface area contributed by atoms with Crippen molar-refractivity contribution in [2.75, 3.05) is 6.54 Å². The molecule has 0 radical (unpaired) electrons. The monoisotopic (exact) mass is 324 g/mol. The van der Waals surface area contributed by atoms with E-state index < -0.39 is 0 Å². The number of hydrogen-bond acceptors (Lipinski definition) is 2. The highest BCUT2D eigenvalue weighted by molar-refractivity contribution is 5.78. The summed E-state index contributed by atoms with van der Waals surface area (Å²) in [7, 11) is 0. The van der Waals surface area contributed by atoms with E-state index >= 15 is 0 Å². The first-order chi connectivity index (χ1) is 11.5. The van der Waals surface area contributed by atoms with E-state index in [9.17, 15) is 9.59 Å². The van der Waals surface area contributed by atoms with Crippen molar-refractivity contribution in [3.05, 3.63) is 71.3 Å². The van der Waals surface area contributed by atoms with Gasteiger partial charge in [0.25, 0.3) is 0 Å². The third kappa shape index (κ3) is 5.88. The molecule has 0 aliphatic rings. The van der Waals surface area contributed by atoms with Gasteiger partial charge in [0.1, 0.15) is 0 Å². The number of carbonyl (C=O) groups is 2. The molecule has 0 unspecified atom stereocenters. The average molecular weight is 324 g/mol. The summed E-state index contributed by atoms with van der Waals surface area (Å²) < 4.78 is 0. The van der Waals surface area contributed by atoms with Gasteiger partial charge in [0.2, 0.25) is 11.8 Å². The van der Waals surface area contributed by atoms with Crippen LogP contribution < -0.4 is 5.32 Å². The molecule has 0 bridgehead atoms. The molecule has 2 aromatic carbocycles. The summed E-state index contributed by atoms with van der Waals surface area (Å²) in [5, 5.41) is 2.90. The molecule has 1 N–H and O–H groups in total. The zero-order valence-electron chi connectivity index (χ0n) is 14.3. The molecule has 0 saturated heterocycles. The molecule has 0 aliphatic carbocycles. The molecular weight excluding hydrogens is 300 g/mol. The number of rotatable bonds is 7. The van der Waals surface area contributed by atoms with Crippen molar-refractivity contribution in [3.63, 3.8) is 0 Å². The minimum absolute atomic E-state index is 0.0230. The lowest BCUT2D eigenvalue weighted by Crippen LogP contribution is -2.33. The summed E-state index contributed by atoms with van der Waals surface area (Å²) >= 11 is 0. The highest BCUT2D eigenvalue weighted by Crippen LogP contribution is 2.06. The number of benzene rings is 2. The van der Waals surface area contributed by atoms with Crippen LogP contribution in [0.2, 0.25) is 0 Å². The van der Waals surface area contributed by atoms with Crippen LogP contribution >= 0.6 is 0 Å². The molecule has 0 saturated carbocycles. The molecule has 2 amide bonds. The van der Waals surface area contributed by atoms with Crippen LogP contribution in [0, 0.1) is 6.92 Å². The van der Waals surface area contributed by atoms with Gasteiger partial charge in [0, 0.05) is 33.0 Å². The summed E-state index contributed by atoms with van der Waals surface area (Å²) in [4.78, 5) is 25.5. The average Bonchev–Trinajstić information content (AvgIpc) is 2.58. The van der Waals surface area contributed by atoms with Gasteiger partial charge in [0.05, 0.1) is 0 Å². The van der Waals surface area contributed by atoms with E-state index in [-0.39, 0.29) is 11.8 Å². The molecule has 2 rings (SSSR count). The molecule has 0 heterocycles. The minimum Gasteiger partial charge on any atom is -0.352 e. The molecule has 0 spiro atoms. The van der Waals surface area contributed by atoms with Crippen molar-refractivity contribution in [1.29, 1.82) is 0 Å². The maximum absolute atomic E-state index is 12.0. The number of nitrogens with one attached hydrogen (secondary N) is 1. The van der Waals surface area contributed by atoms with Crippen LogP contribution in [0.3, 0.4) is 0 Å². The second-order valence-electron chi connectivity index (χ2n) is 5.94. The first-order valence-electron chi connectivity index (χ1n) is 8.16. The lowest BCUT2D eigenvalue weighted by Gasteiger charge is -2.21. The van der Waals surface area contributed by atoms with E-state index in [1.807, 2.05) is 61.5 Å². The zero-order valence-corrected chi connectivity index (χ0v) is 14.3. The zero-order chi connectivity index (χ0) is 17.4. The van der Waals surface area contributed by atoms with E-state index in [1.54, 1.807) is 4.90 Å². The van der Waals surface area contributed by atoms with Crippen LogP contribution in [0.5, 0.6) is 0 Å². The Kier molecular flexibility index (Phi) is 6.55. The molecule has 24 heavy (non-hydrogen) atoms. The summed E-state index contributed by atoms with van der Waals surface area (Å²) in [6.07, 6.45) is 0.304. The van der Waals surface area contributed by atoms with Crippen molar-refractivity contribution in [1.82, 2.24) is 10.2 Å². The largest absolute Gasteiger partial charge is 0.352 e. The standard InChI is InChI=1S/C20H24N2O2/c1-16-8-10-18(11-9-16)14-21-20(24)12-13-22(17(2)23)15-19-6-4-3-5-7-19/h3-11H,12-15H2,1-2H3,(H,21,24). The number of carbonyl (C=O) groups excluding carboxylic acids is 2. The maximum atomic E-state index is 12.0. The summed E-state index contributed by atoms with van der Waals surface area (Å²) in [5.41, 5.74) is 3.33. The van der Waals surface area contributed by atoms with Gasteiger partial charge in [-0.25, -0.2) is 0 Å². The quantitative estimate of drug-likeness (QED) is 0.851. The molecule has 0 fully saturated rings. The van der Waals surface area contributed by atoms with Crippen LogP contribution in [0.1, 0.15) is 30.0 Å². The van der Waals surface area contributed by atoms with Gasteiger partial charge in [0.15, 0.2) is 0 Å². The Bertz CT molecular complexity index is 666. The highest BCUT2D eigenvalue weighted by atomic mass is 16.2. The van der Waals surface area contributed by atoms with Gasteiger partial charge in [-0.15, -0.1) is 0 Å². The lowest BCUT2D eigenvalue weighted by molar-refractivity contribution is -0.130. The van der Waals surface area contributed by atoms with Gasteiger partial charge in [-0.2, -0.15) is 0 Å². The first-order valence-corrected chi connectivity index (χ1v) is 8.16. The van der Waals surface area contributed by atoms with E-state index in [0.717, 1.165) is 11.1 Å². The van der Waals surface area contributed by atoms with E-state index in [4.69, 9.17) is 0 Å². The molecular formula is C20H24N2O2. The topological polar surface area (TPSA) is 49.4 Å². The predicted octanol–water partition coefficient (Wildman–Crippen LogP) is 3.05. The third-order valence-electron chi connectivity index (χ3n) is 3.88. The summed E-state index contributed by atoms with van der Waals surface area (Å²) in [6, 6.07) is 17.9. The fraction of sp³-hybridized carbons (Fsp3) is 0.300. The van der Waals surface area contributed by atoms with Crippen LogP contribution in [0.15, 0.2) is 54.6 Å². The number of amides is 2. The van der Waals surface area contributed by atoms with Gasteiger partial charge in [-0.05, 0) is 18.1 Å². The first kappa shape index (κ1) is 17.7. The molecule has 0 aliphatic heterocycles. The van der Waals surface area contributed by atoms with E-state index in [1.165, 1.54) is 12.5 Å². The molecule has 0 atom stereocenters. The fourth-order valence-corrected chi connectivity index (χ4v) is 2.38. The molecule has 2 aromatic rings. The Morgan fingerprint density at radius 3 is 2.25 bits per heavy atom. The molecule has 0 aromatic heterocycles. The molecule has 4 nitrogen and oxygen atoms in total. The number of aryl methyl sites for hydroxylation is 1. The van der Waals surface area contributed by atoms with Gasteiger partial charge >= 0.3 is 0 Å². The van der Waals surface area contributed by atoms with Crippen molar-refractivity contribution < 1.29 is 9.59 Å². The van der Waals surface area contributed by atoms with E-state index in [0.29, 0.717) is 26.1 Å². The van der Waals surface area contributed by atoms with Gasteiger partial charge in [-0.3, -0.25) is 9.59 Å². The highest BCUT2D eigenvalue weighted by Gasteiger charge is 2.11. The van der Waals surface area contributed by atoms with Crippen molar-refractivity contribution in [2.45, 2.75) is 33.4 Å². The SMILES string of the molecule is CC(=O)N(CCC(=O)NCc1ccc(C)cc1)Cc1ccccc1. The second-order valence-corrected chi connectivity index (χ2v) is 5.94. The lowest BCUT2D eigenvalue weighted by atomic mass is 10.1. The number of nitrogens with zero attached hydrogens (tertiary/aromatic N) is 1. The van der Waals surface area contributed by atoms with Gasteiger partial charge in [-0.1, -0.05) is 60.2 Å².